The monoisotopic (exact) mass is 473 g/mol. The fraction of sp³-hybridized carbons (Fsp3) is 0.556. The van der Waals surface area contributed by atoms with E-state index in [0.717, 1.165) is 4.79 Å². The molecule has 3 rings (SSSR count). The fourth-order valence-electron chi connectivity index (χ4n) is 3.49. The molecular formula is C18H29N6O5S2+. The van der Waals surface area contributed by atoms with Gasteiger partial charge in [-0.25, -0.2) is 16.8 Å². The average molecular weight is 474 g/mol. The van der Waals surface area contributed by atoms with E-state index in [9.17, 15) is 16.8 Å². The van der Waals surface area contributed by atoms with Gasteiger partial charge in [-0.15, -0.1) is 5.01 Å². The van der Waals surface area contributed by atoms with Crippen molar-refractivity contribution in [2.45, 2.75) is 36.6 Å². The number of hydrogen-bond acceptors (Lipinski definition) is 8. The van der Waals surface area contributed by atoms with E-state index in [1.165, 1.54) is 8.61 Å². The summed E-state index contributed by atoms with van der Waals surface area (Å²) in [5.41, 5.74) is 5.85. The number of sulfonamides is 2. The second-order valence-electron chi connectivity index (χ2n) is 7.21. The van der Waals surface area contributed by atoms with Gasteiger partial charge in [-0.3, -0.25) is 4.52 Å². The molecular weight excluding hydrogens is 444 g/mol. The van der Waals surface area contributed by atoms with Crippen molar-refractivity contribution in [1.82, 2.24) is 13.9 Å². The van der Waals surface area contributed by atoms with Crippen LogP contribution in [-0.2, 0) is 20.0 Å². The van der Waals surface area contributed by atoms with E-state index >= 15 is 0 Å². The van der Waals surface area contributed by atoms with Gasteiger partial charge >= 0.3 is 20.9 Å². The lowest BCUT2D eigenvalue weighted by atomic mass is 10.4. The smallest absolute Gasteiger partial charge is 0.361 e. The molecule has 1 aromatic carbocycles. The lowest BCUT2D eigenvalue weighted by molar-refractivity contribution is -0.790. The Bertz CT molecular complexity index is 1070. The second kappa shape index (κ2) is 9.51. The van der Waals surface area contributed by atoms with Crippen LogP contribution in [0.5, 0.6) is 0 Å². The molecule has 0 radical (unpaired) electrons. The highest BCUT2D eigenvalue weighted by Crippen LogP contribution is 2.20. The first-order chi connectivity index (χ1) is 14.7. The summed E-state index contributed by atoms with van der Waals surface area (Å²) in [5, 5.41) is 5.22. The van der Waals surface area contributed by atoms with Crippen LogP contribution in [0, 0.1) is 0 Å². The first-order valence-corrected chi connectivity index (χ1v) is 13.1. The third-order valence-corrected chi connectivity index (χ3v) is 8.81. The summed E-state index contributed by atoms with van der Waals surface area (Å²) in [7, 11) is -7.56. The van der Waals surface area contributed by atoms with Crippen molar-refractivity contribution in [3.8, 4) is 0 Å². The van der Waals surface area contributed by atoms with Crippen molar-refractivity contribution in [3.05, 3.63) is 30.3 Å². The maximum Gasteiger partial charge on any atom is 0.435 e. The molecule has 0 saturated carbocycles. The number of aromatic nitrogens is 2. The van der Waals surface area contributed by atoms with E-state index in [4.69, 9.17) is 10.3 Å². The molecule has 1 aromatic heterocycles. The van der Waals surface area contributed by atoms with Crippen molar-refractivity contribution < 1.29 is 26.1 Å². The number of rotatable bonds is 9. The van der Waals surface area contributed by atoms with Crippen LogP contribution in [0.1, 0.15) is 26.7 Å². The van der Waals surface area contributed by atoms with E-state index in [2.05, 4.69) is 5.27 Å². The van der Waals surface area contributed by atoms with Gasteiger partial charge in [-0.05, 0) is 25.0 Å². The molecule has 1 fully saturated rings. The Kier molecular flexibility index (Phi) is 7.19. The maximum absolute atomic E-state index is 13.3. The van der Waals surface area contributed by atoms with Crippen molar-refractivity contribution in [1.29, 1.82) is 0 Å². The molecule has 2 aromatic rings. The average Bonchev–Trinajstić information content (AvgIpc) is 3.16. The van der Waals surface area contributed by atoms with Crippen LogP contribution < -0.4 is 15.5 Å². The summed E-state index contributed by atoms with van der Waals surface area (Å²) >= 11 is 0. The van der Waals surface area contributed by atoms with Gasteiger partial charge in [0.1, 0.15) is 0 Å². The highest BCUT2D eigenvalue weighted by molar-refractivity contribution is 7.89. The van der Waals surface area contributed by atoms with Crippen LogP contribution in [0.3, 0.4) is 0 Å². The first kappa shape index (κ1) is 23.4. The Morgan fingerprint density at radius 1 is 1.03 bits per heavy atom. The third-order valence-electron chi connectivity index (χ3n) is 5.00. The minimum atomic E-state index is -3.94. The Hall–Kier alpha value is -2.22. The molecule has 1 saturated heterocycles. The highest BCUT2D eigenvalue weighted by Gasteiger charge is 2.44. The molecule has 0 bridgehead atoms. The quantitative estimate of drug-likeness (QED) is 0.503. The zero-order chi connectivity index (χ0) is 22.6. The van der Waals surface area contributed by atoms with Gasteiger partial charge < -0.3 is 5.73 Å². The summed E-state index contributed by atoms with van der Waals surface area (Å²) in [6.45, 7) is 5.30. The number of piperazine rings is 1. The van der Waals surface area contributed by atoms with Gasteiger partial charge in [0.25, 0.3) is 0 Å². The second-order valence-corrected chi connectivity index (χ2v) is 11.0. The topological polar surface area (TPSA) is 134 Å². The Morgan fingerprint density at radius 2 is 1.61 bits per heavy atom. The summed E-state index contributed by atoms with van der Waals surface area (Å²) < 4.78 is 59.9. The van der Waals surface area contributed by atoms with Gasteiger partial charge in [-0.1, -0.05) is 32.0 Å². The Morgan fingerprint density at radius 3 is 2.16 bits per heavy atom. The predicted octanol–water partition coefficient (Wildman–Crippen LogP) is -0.00250. The van der Waals surface area contributed by atoms with Crippen LogP contribution >= 0.6 is 0 Å². The number of hydrogen-bond donors (Lipinski definition) is 1. The van der Waals surface area contributed by atoms with Gasteiger partial charge in [0.05, 0.1) is 22.8 Å². The molecule has 13 heteroatoms. The maximum atomic E-state index is 13.3. The predicted molar refractivity (Wildman–Crippen MR) is 114 cm³/mol. The molecule has 2 heterocycles. The van der Waals surface area contributed by atoms with E-state index in [1.807, 2.05) is 13.8 Å². The standard InChI is InChI=1S/C18H29N6O5S2/c1-3-10-22(11-4-2)31(27,28)18-17(19)29-20-24(18)21-12-14-23(15-13-21)30(25,26)16-8-6-5-7-9-16/h5-9H,3-4,10-15,19H2,1-2H3/q+1. The molecule has 2 N–H and O–H groups in total. The van der Waals surface area contributed by atoms with Crippen LogP contribution in [0.25, 0.3) is 0 Å². The van der Waals surface area contributed by atoms with E-state index in [1.54, 1.807) is 35.3 Å². The van der Waals surface area contributed by atoms with Crippen molar-refractivity contribution >= 4 is 25.9 Å². The molecule has 1 aliphatic heterocycles. The van der Waals surface area contributed by atoms with Crippen molar-refractivity contribution in [3.63, 3.8) is 0 Å². The molecule has 1 aliphatic rings. The third kappa shape index (κ3) is 4.68. The molecule has 11 nitrogen and oxygen atoms in total. The van der Waals surface area contributed by atoms with Gasteiger partial charge in [0, 0.05) is 26.2 Å². The molecule has 0 atom stereocenters. The number of nitrogens with two attached hydrogens (primary N) is 1. The molecule has 0 unspecified atom stereocenters. The highest BCUT2D eigenvalue weighted by atomic mass is 32.2. The number of nitrogen functional groups attached to an aromatic ring is 1. The van der Waals surface area contributed by atoms with Gasteiger partial charge in [-0.2, -0.15) is 8.61 Å². The molecule has 0 spiro atoms. The number of nitrogens with zero attached hydrogens (tertiary/aromatic N) is 5. The molecule has 0 amide bonds. The molecule has 31 heavy (non-hydrogen) atoms. The molecule has 0 aliphatic carbocycles. The summed E-state index contributed by atoms with van der Waals surface area (Å²) in [6, 6.07) is 8.20. The van der Waals surface area contributed by atoms with Crippen molar-refractivity contribution in [2.24, 2.45) is 0 Å². The van der Waals surface area contributed by atoms with Crippen LogP contribution in [-0.4, -0.2) is 70.0 Å². The zero-order valence-corrected chi connectivity index (χ0v) is 19.3. The normalized spacial score (nSPS) is 16.2. The SMILES string of the molecule is CCCN(CCC)S(=O)(=O)c1c(N)on[n+]1N1CCN(S(=O)(=O)c2ccccc2)CC1. The van der Waals surface area contributed by atoms with Gasteiger partial charge in [0.2, 0.25) is 15.3 Å². The fourth-order valence-corrected chi connectivity index (χ4v) is 6.67. The number of benzene rings is 1. The van der Waals surface area contributed by atoms with Crippen LogP contribution in [0.15, 0.2) is 44.8 Å². The summed E-state index contributed by atoms with van der Waals surface area (Å²) in [5.74, 6) is -0.295. The summed E-state index contributed by atoms with van der Waals surface area (Å²) in [6.07, 6.45) is 1.31. The summed E-state index contributed by atoms with van der Waals surface area (Å²) in [4.78, 5) is 1.37. The zero-order valence-electron chi connectivity index (χ0n) is 17.7. The molecule has 172 valence electrons. The van der Waals surface area contributed by atoms with Crippen LogP contribution in [0.4, 0.5) is 5.88 Å². The van der Waals surface area contributed by atoms with E-state index < -0.39 is 20.0 Å². The number of anilines is 1. The van der Waals surface area contributed by atoms with Crippen molar-refractivity contribution in [2.75, 3.05) is 50.0 Å². The van der Waals surface area contributed by atoms with E-state index in [0.29, 0.717) is 25.9 Å². The Balaban J connectivity index is 1.82. The Labute approximate surface area is 183 Å². The lowest BCUT2D eigenvalue weighted by Gasteiger charge is -2.29. The van der Waals surface area contributed by atoms with Crippen LogP contribution in [0.2, 0.25) is 0 Å². The lowest BCUT2D eigenvalue weighted by Crippen LogP contribution is -2.68. The minimum Gasteiger partial charge on any atom is -0.361 e. The minimum absolute atomic E-state index is 0.171. The van der Waals surface area contributed by atoms with E-state index in [-0.39, 0.29) is 42.0 Å². The van der Waals surface area contributed by atoms with Gasteiger partial charge in [0.15, 0.2) is 0 Å². The largest absolute Gasteiger partial charge is 0.435 e. The first-order valence-electron chi connectivity index (χ1n) is 10.2.